The molecule has 0 aromatic carbocycles. The van der Waals surface area contributed by atoms with Crippen molar-refractivity contribution < 1.29 is 26.3 Å². The molecule has 1 heterocycles. The van der Waals surface area contributed by atoms with Gasteiger partial charge in [0, 0.05) is 0 Å². The normalized spacial score (nSPS) is 30.4. The Bertz CT molecular complexity index is 312. The van der Waals surface area contributed by atoms with E-state index in [0.29, 0.717) is 0 Å². The molecule has 2 unspecified atom stereocenters. The van der Waals surface area contributed by atoms with Crippen LogP contribution in [-0.2, 0) is 11.1 Å². The molecule has 13 heavy (non-hydrogen) atoms. The van der Waals surface area contributed by atoms with Gasteiger partial charge < -0.3 is 4.55 Å². The Morgan fingerprint density at radius 3 is 2.15 bits per heavy atom. The second-order valence-electron chi connectivity index (χ2n) is 1.94. The van der Waals surface area contributed by atoms with Crippen LogP contribution in [0.25, 0.3) is 0 Å². The molecule has 1 aliphatic rings. The first kappa shape index (κ1) is 10.2. The largest absolute Gasteiger partial charge is 0.451 e. The highest BCUT2D eigenvalue weighted by molar-refractivity contribution is 7.80. The van der Waals surface area contributed by atoms with Crippen LogP contribution in [0.2, 0.25) is 0 Å². The molecule has 0 saturated carbocycles. The van der Waals surface area contributed by atoms with E-state index in [9.17, 15) is 21.8 Å². The van der Waals surface area contributed by atoms with Crippen molar-refractivity contribution in [3.05, 3.63) is 0 Å². The van der Waals surface area contributed by atoms with Gasteiger partial charge in [0.2, 0.25) is 11.1 Å². The van der Waals surface area contributed by atoms with E-state index in [-0.39, 0.29) is 0 Å². The van der Waals surface area contributed by atoms with Crippen LogP contribution in [0.5, 0.6) is 0 Å². The Morgan fingerprint density at radius 1 is 1.46 bits per heavy atom. The molecular formula is C3HF4N3O2S. The highest BCUT2D eigenvalue weighted by atomic mass is 32.2. The maximum Gasteiger partial charge on any atom is 0.451 e. The molecule has 0 saturated heterocycles. The van der Waals surface area contributed by atoms with Gasteiger partial charge in [-0.2, -0.15) is 22.6 Å². The van der Waals surface area contributed by atoms with Gasteiger partial charge in [-0.1, -0.05) is 0 Å². The summed E-state index contributed by atoms with van der Waals surface area (Å²) in [6.07, 6.45) is -7.04. The topological polar surface area (TPSA) is 74.4 Å². The van der Waals surface area contributed by atoms with Crippen molar-refractivity contribution in [1.82, 2.24) is 0 Å². The SMILES string of the molecule is O=S(O)C1(C(F)(F)F)N=NC(F)=N1. The molecule has 0 aromatic rings. The fourth-order valence-corrected chi connectivity index (χ4v) is 1.03. The van der Waals surface area contributed by atoms with Crippen molar-refractivity contribution in [3.63, 3.8) is 0 Å². The maximum atomic E-state index is 12.1. The van der Waals surface area contributed by atoms with E-state index in [1.807, 2.05) is 0 Å². The molecule has 2 atom stereocenters. The third-order valence-corrected chi connectivity index (χ3v) is 2.02. The van der Waals surface area contributed by atoms with Gasteiger partial charge in [-0.15, -0.1) is 10.2 Å². The van der Waals surface area contributed by atoms with E-state index in [4.69, 9.17) is 4.55 Å². The number of hydrogen-bond acceptors (Lipinski definition) is 4. The lowest BCUT2D eigenvalue weighted by molar-refractivity contribution is -0.158. The number of azo groups is 1. The van der Waals surface area contributed by atoms with Gasteiger partial charge in [0.25, 0.3) is 0 Å². The Kier molecular flexibility index (Phi) is 2.20. The van der Waals surface area contributed by atoms with Gasteiger partial charge in [-0.05, 0) is 0 Å². The number of alkyl halides is 3. The van der Waals surface area contributed by atoms with E-state index in [0.717, 1.165) is 0 Å². The Hall–Kier alpha value is -0.900. The molecule has 1 aliphatic heterocycles. The molecule has 1 rings (SSSR count). The van der Waals surface area contributed by atoms with Gasteiger partial charge in [0.15, 0.2) is 0 Å². The first-order valence-corrected chi connectivity index (χ1v) is 3.76. The van der Waals surface area contributed by atoms with Crippen molar-refractivity contribution in [2.24, 2.45) is 15.2 Å². The summed E-state index contributed by atoms with van der Waals surface area (Å²) in [5.41, 5.74) is 0. The molecule has 10 heteroatoms. The summed E-state index contributed by atoms with van der Waals surface area (Å²) < 4.78 is 66.8. The molecule has 0 bridgehead atoms. The van der Waals surface area contributed by atoms with Crippen molar-refractivity contribution in [1.29, 1.82) is 0 Å². The number of nitrogens with zero attached hydrogens (tertiary/aromatic N) is 3. The van der Waals surface area contributed by atoms with Crippen LogP contribution in [0, 0.1) is 0 Å². The third-order valence-electron chi connectivity index (χ3n) is 1.12. The number of aliphatic imine (C=N–C) groups is 1. The van der Waals surface area contributed by atoms with Crippen LogP contribution in [0.1, 0.15) is 0 Å². The van der Waals surface area contributed by atoms with Crippen LogP contribution in [0.15, 0.2) is 15.2 Å². The molecule has 0 amide bonds. The average molecular weight is 219 g/mol. The zero-order valence-electron chi connectivity index (χ0n) is 5.62. The van der Waals surface area contributed by atoms with Crippen LogP contribution < -0.4 is 0 Å². The van der Waals surface area contributed by atoms with Gasteiger partial charge in [0.1, 0.15) is 0 Å². The van der Waals surface area contributed by atoms with Crippen LogP contribution >= 0.6 is 0 Å². The molecule has 74 valence electrons. The van der Waals surface area contributed by atoms with Crippen molar-refractivity contribution in [2.75, 3.05) is 0 Å². The zero-order chi connectivity index (χ0) is 10.3. The fraction of sp³-hybridized carbons (Fsp3) is 0.667. The van der Waals surface area contributed by atoms with Crippen molar-refractivity contribution >= 4 is 17.2 Å². The number of amidine groups is 1. The van der Waals surface area contributed by atoms with E-state index in [1.54, 1.807) is 0 Å². The lowest BCUT2D eigenvalue weighted by atomic mass is 10.5. The summed E-state index contributed by atoms with van der Waals surface area (Å²) in [5.74, 6) is 0. The zero-order valence-corrected chi connectivity index (χ0v) is 6.43. The molecule has 0 aromatic heterocycles. The minimum Gasteiger partial charge on any atom is -0.302 e. The Balaban J connectivity index is 3.22. The van der Waals surface area contributed by atoms with E-state index in [1.165, 1.54) is 0 Å². The van der Waals surface area contributed by atoms with E-state index in [2.05, 4.69) is 15.2 Å². The number of rotatable bonds is 1. The smallest absolute Gasteiger partial charge is 0.302 e. The van der Waals surface area contributed by atoms with Crippen molar-refractivity contribution in [2.45, 2.75) is 11.2 Å². The van der Waals surface area contributed by atoms with Gasteiger partial charge >= 0.3 is 17.3 Å². The lowest BCUT2D eigenvalue weighted by Crippen LogP contribution is -2.44. The Morgan fingerprint density at radius 2 is 2.00 bits per heavy atom. The number of halogens is 4. The second-order valence-corrected chi connectivity index (χ2v) is 3.00. The monoisotopic (exact) mass is 219 g/mol. The summed E-state index contributed by atoms with van der Waals surface area (Å²) >= 11 is -3.50. The van der Waals surface area contributed by atoms with Crippen LogP contribution in [0.4, 0.5) is 17.6 Å². The third kappa shape index (κ3) is 1.46. The summed E-state index contributed by atoms with van der Waals surface area (Å²) in [7, 11) is 0. The lowest BCUT2D eigenvalue weighted by Gasteiger charge is -2.19. The minimum absolute atomic E-state index is 1.78. The second kappa shape index (κ2) is 2.80. The fourth-order valence-electron chi connectivity index (χ4n) is 0.572. The minimum atomic E-state index is -5.26. The summed E-state index contributed by atoms with van der Waals surface area (Å²) in [4.78, 5) is -1.47. The first-order valence-electron chi connectivity index (χ1n) is 2.65. The highest BCUT2D eigenvalue weighted by Gasteiger charge is 2.64. The van der Waals surface area contributed by atoms with Gasteiger partial charge in [0.05, 0.1) is 0 Å². The molecule has 0 fully saturated rings. The van der Waals surface area contributed by atoms with Crippen molar-refractivity contribution in [3.8, 4) is 0 Å². The maximum absolute atomic E-state index is 12.1. The summed E-state index contributed by atoms with van der Waals surface area (Å²) in [5, 5.41) is 4.60. The van der Waals surface area contributed by atoms with E-state index >= 15 is 0 Å². The van der Waals surface area contributed by atoms with Crippen LogP contribution in [-0.4, -0.2) is 26.0 Å². The summed E-state index contributed by atoms with van der Waals surface area (Å²) in [6.45, 7) is 0. The van der Waals surface area contributed by atoms with Gasteiger partial charge in [-0.25, -0.2) is 4.21 Å². The predicted molar refractivity (Wildman–Crippen MR) is 33.0 cm³/mol. The standard InChI is InChI=1S/C3HF4N3O2S/c4-1-8-3(10-9-1,13(11)12)2(5,6)7/h(H,11,12). The molecular weight excluding hydrogens is 218 g/mol. The average Bonchev–Trinajstić information content (AvgIpc) is 2.30. The first-order chi connectivity index (χ1) is 5.79. The molecule has 1 N–H and O–H groups in total. The van der Waals surface area contributed by atoms with E-state index < -0.39 is 28.3 Å². The quantitative estimate of drug-likeness (QED) is 0.409. The number of hydrogen-bond donors (Lipinski definition) is 1. The highest BCUT2D eigenvalue weighted by Crippen LogP contribution is 2.40. The predicted octanol–water partition coefficient (Wildman–Crippen LogP) is 1.22. The molecule has 0 radical (unpaired) electrons. The summed E-state index contributed by atoms with van der Waals surface area (Å²) in [6, 6.07) is 0. The molecule has 0 spiro atoms. The molecule has 0 aliphatic carbocycles. The van der Waals surface area contributed by atoms with Gasteiger partial charge in [-0.3, -0.25) is 0 Å². The molecule has 5 nitrogen and oxygen atoms in total. The van der Waals surface area contributed by atoms with Crippen LogP contribution in [0.3, 0.4) is 0 Å². The Labute approximate surface area is 70.8 Å².